The van der Waals surface area contributed by atoms with Crippen LogP contribution in [0.2, 0.25) is 0 Å². The zero-order valence-corrected chi connectivity index (χ0v) is 21.1. The zero-order valence-electron chi connectivity index (χ0n) is 17.7. The lowest BCUT2D eigenvalue weighted by atomic mass is 10.4. The van der Waals surface area contributed by atoms with Crippen molar-refractivity contribution >= 4 is 41.7 Å². The van der Waals surface area contributed by atoms with Gasteiger partial charge >= 0.3 is 0 Å². The Kier molecular flexibility index (Phi) is 19.9. The first kappa shape index (κ1) is 29.0. The standard InChI is InChI=1S/C14H32P.C4H10NO3PS2/c1-5-9-12-15(8-4,13-10-6-2)14-11-7-3;1-5-4(6)3-11-9(7,8)10-2/h5-14H2,1-4H3;3H2,1-2H3,(H,5,6)(H,7,8)/q+1;/p-1. The normalized spacial score (nSPS) is 13.5. The molecule has 0 radical (unpaired) electrons. The highest BCUT2D eigenvalue weighted by atomic mass is 33.1. The predicted molar refractivity (Wildman–Crippen MR) is 124 cm³/mol. The van der Waals surface area contributed by atoms with Crippen LogP contribution in [-0.2, 0) is 9.36 Å². The van der Waals surface area contributed by atoms with Crippen LogP contribution in [0.1, 0.15) is 66.2 Å². The molecule has 158 valence electrons. The molecule has 0 heterocycles. The average Bonchev–Trinajstić information content (AvgIpc) is 2.66. The summed E-state index contributed by atoms with van der Waals surface area (Å²) in [5.41, 5.74) is 0. The van der Waals surface area contributed by atoms with E-state index in [0.29, 0.717) is 11.4 Å². The summed E-state index contributed by atoms with van der Waals surface area (Å²) in [6.07, 6.45) is 16.3. The molecule has 0 rings (SSSR count). The first-order valence-corrected chi connectivity index (χ1v) is 17.4. The van der Waals surface area contributed by atoms with Gasteiger partial charge in [0.05, 0.1) is 30.4 Å². The fourth-order valence-electron chi connectivity index (χ4n) is 2.55. The van der Waals surface area contributed by atoms with E-state index < -0.39 is 13.0 Å². The summed E-state index contributed by atoms with van der Waals surface area (Å²) in [5, 5.41) is 2.33. The van der Waals surface area contributed by atoms with Crippen molar-refractivity contribution in [3.63, 3.8) is 0 Å². The van der Waals surface area contributed by atoms with E-state index in [4.69, 9.17) is 0 Å². The number of carbonyl (C=O) groups excluding carboxylic acids is 1. The van der Waals surface area contributed by atoms with E-state index in [-0.39, 0.29) is 11.7 Å². The highest BCUT2D eigenvalue weighted by molar-refractivity contribution is 8.88. The molecule has 4 nitrogen and oxygen atoms in total. The van der Waals surface area contributed by atoms with Gasteiger partial charge in [-0.25, -0.2) is 0 Å². The molecule has 1 amide bonds. The lowest BCUT2D eigenvalue weighted by molar-refractivity contribution is -0.161. The predicted octanol–water partition coefficient (Wildman–Crippen LogP) is 5.72. The second kappa shape index (κ2) is 17.9. The largest absolute Gasteiger partial charge is 0.784 e. The molecule has 0 fully saturated rings. The molecule has 0 saturated carbocycles. The number of hydrogen-bond donors (Lipinski definition) is 1. The van der Waals surface area contributed by atoms with Gasteiger partial charge in [-0.15, -0.1) is 11.4 Å². The summed E-state index contributed by atoms with van der Waals surface area (Å²) in [4.78, 5) is 21.4. The maximum atomic E-state index is 10.8. The number of unbranched alkanes of at least 4 members (excludes halogenated alkanes) is 3. The zero-order chi connectivity index (χ0) is 20.5. The first-order chi connectivity index (χ1) is 12.3. The summed E-state index contributed by atoms with van der Waals surface area (Å²) in [6.45, 7) is 9.46. The van der Waals surface area contributed by atoms with Gasteiger partial charge in [-0.3, -0.25) is 4.79 Å². The van der Waals surface area contributed by atoms with Crippen LogP contribution >= 0.6 is 35.8 Å². The molecular formula is C18H41NO3P2S2. The van der Waals surface area contributed by atoms with Crippen molar-refractivity contribution in [1.29, 1.82) is 0 Å². The lowest BCUT2D eigenvalue weighted by Gasteiger charge is -2.26. The molecule has 0 aromatic carbocycles. The van der Waals surface area contributed by atoms with Crippen LogP contribution in [0.4, 0.5) is 0 Å². The van der Waals surface area contributed by atoms with Crippen molar-refractivity contribution in [1.82, 2.24) is 5.32 Å². The highest BCUT2D eigenvalue weighted by Crippen LogP contribution is 2.60. The maximum Gasteiger partial charge on any atom is 0.230 e. The van der Waals surface area contributed by atoms with Crippen LogP contribution < -0.4 is 10.2 Å². The second-order valence-corrected chi connectivity index (χ2v) is 18.4. The molecule has 0 bridgehead atoms. The summed E-state index contributed by atoms with van der Waals surface area (Å²) < 4.78 is 10.8. The minimum absolute atomic E-state index is 0.0296. The molecule has 26 heavy (non-hydrogen) atoms. The third kappa shape index (κ3) is 15.8. The number of amides is 1. The van der Waals surface area contributed by atoms with Crippen LogP contribution in [0.15, 0.2) is 0 Å². The molecule has 1 N–H and O–H groups in total. The molecule has 0 saturated heterocycles. The van der Waals surface area contributed by atoms with E-state index in [0.717, 1.165) is 11.4 Å². The van der Waals surface area contributed by atoms with Gasteiger partial charge in [0.15, 0.2) is 0 Å². The summed E-state index contributed by atoms with van der Waals surface area (Å²) in [5.74, 6) is -3.73. The molecule has 0 aliphatic rings. The number of nitrogens with one attached hydrogen (secondary N) is 1. The molecule has 0 aliphatic heterocycles. The molecular weight excluding hydrogens is 404 g/mol. The Balaban J connectivity index is 0. The molecule has 8 heteroatoms. The molecule has 0 aliphatic carbocycles. The van der Waals surface area contributed by atoms with Crippen LogP contribution in [-0.4, -0.2) is 49.6 Å². The van der Waals surface area contributed by atoms with E-state index in [9.17, 15) is 14.3 Å². The quantitative estimate of drug-likeness (QED) is 0.346. The molecule has 1 atom stereocenters. The van der Waals surface area contributed by atoms with Gasteiger partial charge in [0.2, 0.25) is 5.91 Å². The van der Waals surface area contributed by atoms with E-state index in [2.05, 4.69) is 33.0 Å². The smallest absolute Gasteiger partial charge is 0.230 e. The van der Waals surface area contributed by atoms with Gasteiger partial charge in [0.25, 0.3) is 0 Å². The van der Waals surface area contributed by atoms with Gasteiger partial charge in [-0.2, -0.15) is 0 Å². The van der Waals surface area contributed by atoms with Crippen molar-refractivity contribution in [3.8, 4) is 0 Å². The Labute approximate surface area is 171 Å². The fraction of sp³-hybridized carbons (Fsp3) is 0.944. The Hall–Kier alpha value is 0.790. The van der Waals surface area contributed by atoms with E-state index in [1.54, 1.807) is 18.5 Å². The monoisotopic (exact) mass is 445 g/mol. The number of carbonyl (C=O) groups is 1. The topological polar surface area (TPSA) is 69.2 Å². The second-order valence-electron chi connectivity index (χ2n) is 6.47. The molecule has 1 unspecified atom stereocenters. The van der Waals surface area contributed by atoms with E-state index in [1.807, 2.05) is 0 Å². The maximum absolute atomic E-state index is 10.8. The Bertz CT molecular complexity index is 377. The summed E-state index contributed by atoms with van der Waals surface area (Å²) >= 11 is 1.42. The molecule has 0 spiro atoms. The first-order valence-electron chi connectivity index (χ1n) is 9.83. The Morgan fingerprint density at radius 2 is 1.42 bits per heavy atom. The average molecular weight is 446 g/mol. The lowest BCUT2D eigenvalue weighted by Crippen LogP contribution is -2.19. The Morgan fingerprint density at radius 1 is 1.00 bits per heavy atom. The number of hydrogen-bond acceptors (Lipinski definition) is 5. The highest BCUT2D eigenvalue weighted by Gasteiger charge is 2.32. The van der Waals surface area contributed by atoms with Gasteiger partial charge < -0.3 is 14.8 Å². The minimum Gasteiger partial charge on any atom is -0.784 e. The van der Waals surface area contributed by atoms with Crippen molar-refractivity contribution in [2.75, 3.05) is 43.7 Å². The van der Waals surface area contributed by atoms with Gasteiger partial charge in [-0.05, 0) is 32.4 Å². The molecule has 0 aromatic rings. The minimum atomic E-state index is -3.42. The van der Waals surface area contributed by atoms with Crippen LogP contribution in [0.25, 0.3) is 0 Å². The Morgan fingerprint density at radius 3 is 1.69 bits per heavy atom. The summed E-state index contributed by atoms with van der Waals surface area (Å²) in [7, 11) is 0.943. The van der Waals surface area contributed by atoms with Crippen LogP contribution in [0.5, 0.6) is 0 Å². The third-order valence-electron chi connectivity index (χ3n) is 4.49. The van der Waals surface area contributed by atoms with Crippen molar-refractivity contribution in [2.24, 2.45) is 0 Å². The van der Waals surface area contributed by atoms with Crippen LogP contribution in [0, 0.1) is 0 Å². The van der Waals surface area contributed by atoms with E-state index in [1.165, 1.54) is 58.0 Å². The summed E-state index contributed by atoms with van der Waals surface area (Å²) in [6, 6.07) is 0. The number of rotatable bonds is 14. The molecule has 0 aromatic heterocycles. The van der Waals surface area contributed by atoms with Crippen molar-refractivity contribution < 1.29 is 14.3 Å². The van der Waals surface area contributed by atoms with Crippen LogP contribution in [0.3, 0.4) is 0 Å². The SMILES string of the molecule is CCCC[P+](CC)(CCCC)CCCC.CNC(=O)CSP(=O)([O-])SC. The van der Waals surface area contributed by atoms with Crippen molar-refractivity contribution in [3.05, 3.63) is 0 Å². The van der Waals surface area contributed by atoms with Gasteiger partial charge in [-0.1, -0.05) is 51.4 Å². The van der Waals surface area contributed by atoms with Gasteiger partial charge in [0.1, 0.15) is 5.77 Å². The third-order valence-corrected chi connectivity index (χ3v) is 15.7. The fourth-order valence-corrected chi connectivity index (χ4v) is 10.2. The van der Waals surface area contributed by atoms with Crippen molar-refractivity contribution in [2.45, 2.75) is 66.2 Å². The van der Waals surface area contributed by atoms with Gasteiger partial charge in [0, 0.05) is 14.3 Å². The van der Waals surface area contributed by atoms with E-state index >= 15 is 0 Å².